The van der Waals surface area contributed by atoms with E-state index in [1.54, 1.807) is 24.3 Å². The molecule has 0 unspecified atom stereocenters. The Morgan fingerprint density at radius 3 is 2.45 bits per heavy atom. The molecule has 4 rings (SSSR count). The van der Waals surface area contributed by atoms with Gasteiger partial charge in [0.05, 0.1) is 10.5 Å². The van der Waals surface area contributed by atoms with Crippen molar-refractivity contribution < 1.29 is 41.8 Å². The lowest BCUT2D eigenvalue weighted by molar-refractivity contribution is -0.274. The number of rotatable bonds is 11. The van der Waals surface area contributed by atoms with E-state index < -0.39 is 30.3 Å². The molecular formula is C30H26BrF3N2O6. The van der Waals surface area contributed by atoms with E-state index in [0.29, 0.717) is 29.6 Å². The number of aldehydes is 1. The number of benzene rings is 3. The van der Waals surface area contributed by atoms with Gasteiger partial charge in [-0.25, -0.2) is 9.69 Å². The second-order valence-corrected chi connectivity index (χ2v) is 10.3. The van der Waals surface area contributed by atoms with E-state index in [2.05, 4.69) is 20.7 Å². The summed E-state index contributed by atoms with van der Waals surface area (Å²) in [6.45, 7) is 0.129. The van der Waals surface area contributed by atoms with Crippen LogP contribution in [0.15, 0.2) is 89.0 Å². The first-order valence-corrected chi connectivity index (χ1v) is 13.5. The van der Waals surface area contributed by atoms with Crippen molar-refractivity contribution in [2.75, 3.05) is 6.61 Å². The Morgan fingerprint density at radius 2 is 1.81 bits per heavy atom. The van der Waals surface area contributed by atoms with Crippen molar-refractivity contribution in [1.29, 1.82) is 0 Å². The van der Waals surface area contributed by atoms with Gasteiger partial charge in [-0.1, -0.05) is 48.5 Å². The number of amides is 2. The summed E-state index contributed by atoms with van der Waals surface area (Å²) in [6.07, 6.45) is -3.60. The lowest BCUT2D eigenvalue weighted by Gasteiger charge is -2.23. The zero-order chi connectivity index (χ0) is 30.3. The highest BCUT2D eigenvalue weighted by Gasteiger charge is 2.39. The van der Waals surface area contributed by atoms with Gasteiger partial charge in [0.15, 0.2) is 0 Å². The molecule has 0 aromatic heterocycles. The van der Waals surface area contributed by atoms with Gasteiger partial charge in [0, 0.05) is 18.0 Å². The van der Waals surface area contributed by atoms with Gasteiger partial charge in [0.2, 0.25) is 5.91 Å². The molecule has 0 aliphatic carbocycles. The van der Waals surface area contributed by atoms with Crippen LogP contribution >= 0.6 is 15.9 Å². The van der Waals surface area contributed by atoms with Crippen LogP contribution in [0, 0.1) is 0 Å². The standard InChI is InChI=1S/C30H26BrF3N2O6/c31-25-15-20(6-11-27(25)42-30(32,33)34)17-40-23-9-7-21(8-10-23)24(26(35)12-13-37)16-28(38)36-22(18-41-29(36)39)14-19-4-2-1-3-5-19/h1-13,15,22,24H,14,16-18,35H2/t22-,24-/m0/s1. The number of alkyl halides is 3. The lowest BCUT2D eigenvalue weighted by Crippen LogP contribution is -2.41. The van der Waals surface area contributed by atoms with Crippen LogP contribution in [0.25, 0.3) is 0 Å². The summed E-state index contributed by atoms with van der Waals surface area (Å²) in [4.78, 5) is 38.1. The Bertz CT molecular complexity index is 1450. The minimum Gasteiger partial charge on any atom is -0.489 e. The lowest BCUT2D eigenvalue weighted by atomic mass is 9.91. The average Bonchev–Trinajstić information content (AvgIpc) is 3.31. The number of carbonyl (C=O) groups is 3. The summed E-state index contributed by atoms with van der Waals surface area (Å²) in [7, 11) is 0. The normalized spacial score (nSPS) is 16.1. The van der Waals surface area contributed by atoms with Gasteiger partial charge >= 0.3 is 12.5 Å². The number of halogens is 4. The highest BCUT2D eigenvalue weighted by atomic mass is 79.9. The third-order valence-electron chi connectivity index (χ3n) is 6.50. The molecule has 8 nitrogen and oxygen atoms in total. The second-order valence-electron chi connectivity index (χ2n) is 9.41. The van der Waals surface area contributed by atoms with Crippen LogP contribution < -0.4 is 15.2 Å². The molecule has 42 heavy (non-hydrogen) atoms. The highest BCUT2D eigenvalue weighted by molar-refractivity contribution is 9.10. The van der Waals surface area contributed by atoms with Gasteiger partial charge in [-0.2, -0.15) is 0 Å². The zero-order valence-corrected chi connectivity index (χ0v) is 23.6. The average molecular weight is 647 g/mol. The van der Waals surface area contributed by atoms with Gasteiger partial charge in [-0.3, -0.25) is 9.59 Å². The smallest absolute Gasteiger partial charge is 0.489 e. The number of carbonyl (C=O) groups excluding carboxylic acids is 3. The SMILES string of the molecule is NC(=CC=O)[C@@H](CC(=O)N1C(=O)OC[C@@H]1Cc1ccccc1)c1ccc(OCc2ccc(OC(F)(F)F)c(Br)c2)cc1. The number of hydrogen-bond acceptors (Lipinski definition) is 7. The zero-order valence-electron chi connectivity index (χ0n) is 22.1. The number of imide groups is 1. The molecular weight excluding hydrogens is 621 g/mol. The fourth-order valence-electron chi connectivity index (χ4n) is 4.50. The molecule has 12 heteroatoms. The summed E-state index contributed by atoms with van der Waals surface area (Å²) in [5.41, 5.74) is 8.45. The number of nitrogens with two attached hydrogens (primary N) is 1. The maximum atomic E-state index is 13.4. The Hall–Kier alpha value is -4.32. The van der Waals surface area contributed by atoms with E-state index in [1.165, 1.54) is 18.2 Å². The van der Waals surface area contributed by atoms with Crippen LogP contribution in [0.3, 0.4) is 0 Å². The quantitative estimate of drug-likeness (QED) is 0.200. The summed E-state index contributed by atoms with van der Waals surface area (Å²) >= 11 is 3.06. The van der Waals surface area contributed by atoms with Crippen molar-refractivity contribution >= 4 is 34.2 Å². The van der Waals surface area contributed by atoms with Crippen LogP contribution in [0.2, 0.25) is 0 Å². The first kappa shape index (κ1) is 30.6. The topological polar surface area (TPSA) is 108 Å². The molecule has 1 saturated heterocycles. The summed E-state index contributed by atoms with van der Waals surface area (Å²) in [5.74, 6) is -1.13. The van der Waals surface area contributed by atoms with E-state index in [4.69, 9.17) is 15.2 Å². The first-order chi connectivity index (χ1) is 20.0. The summed E-state index contributed by atoms with van der Waals surface area (Å²) in [5, 5.41) is 0. The molecule has 2 N–H and O–H groups in total. The monoisotopic (exact) mass is 646 g/mol. The van der Waals surface area contributed by atoms with Crippen LogP contribution in [-0.2, 0) is 27.4 Å². The molecule has 0 saturated carbocycles. The van der Waals surface area contributed by atoms with E-state index in [9.17, 15) is 27.6 Å². The molecule has 1 aliphatic rings. The van der Waals surface area contributed by atoms with Gasteiger partial charge in [-0.15, -0.1) is 13.2 Å². The largest absolute Gasteiger partial charge is 0.573 e. The summed E-state index contributed by atoms with van der Waals surface area (Å²) in [6, 6.07) is 19.7. The van der Waals surface area contributed by atoms with Crippen molar-refractivity contribution in [3.8, 4) is 11.5 Å². The van der Waals surface area contributed by atoms with Crippen molar-refractivity contribution in [3.05, 3.63) is 106 Å². The fraction of sp³-hybridized carbons (Fsp3) is 0.233. The van der Waals surface area contributed by atoms with Crippen LogP contribution in [-0.4, -0.2) is 42.2 Å². The molecule has 3 aromatic rings. The Morgan fingerprint density at radius 1 is 1.10 bits per heavy atom. The van der Waals surface area contributed by atoms with Crippen molar-refractivity contribution in [2.24, 2.45) is 5.73 Å². The van der Waals surface area contributed by atoms with Gasteiger partial charge < -0.3 is 19.9 Å². The first-order valence-electron chi connectivity index (χ1n) is 12.7. The molecule has 0 spiro atoms. The van der Waals surface area contributed by atoms with Crippen molar-refractivity contribution in [2.45, 2.75) is 37.8 Å². The van der Waals surface area contributed by atoms with Crippen LogP contribution in [0.5, 0.6) is 11.5 Å². The second kappa shape index (κ2) is 13.6. The maximum absolute atomic E-state index is 13.4. The van der Waals surface area contributed by atoms with E-state index in [-0.39, 0.29) is 35.6 Å². The molecule has 2 amide bonds. The number of allylic oxidation sites excluding steroid dienone is 2. The van der Waals surface area contributed by atoms with Crippen LogP contribution in [0.4, 0.5) is 18.0 Å². The van der Waals surface area contributed by atoms with E-state index in [1.807, 2.05) is 30.3 Å². The molecule has 3 aromatic carbocycles. The minimum atomic E-state index is -4.81. The Labute approximate surface area is 248 Å². The third-order valence-corrected chi connectivity index (χ3v) is 7.12. The number of hydrogen-bond donors (Lipinski definition) is 1. The summed E-state index contributed by atoms with van der Waals surface area (Å²) < 4.78 is 52.5. The Balaban J connectivity index is 1.44. The maximum Gasteiger partial charge on any atom is 0.573 e. The predicted molar refractivity (Wildman–Crippen MR) is 149 cm³/mol. The number of ether oxygens (including phenoxy) is 3. The highest BCUT2D eigenvalue weighted by Crippen LogP contribution is 2.32. The van der Waals surface area contributed by atoms with Crippen LogP contribution in [0.1, 0.15) is 29.0 Å². The fourth-order valence-corrected chi connectivity index (χ4v) is 5.01. The van der Waals surface area contributed by atoms with Crippen molar-refractivity contribution in [3.63, 3.8) is 0 Å². The van der Waals surface area contributed by atoms with Gasteiger partial charge in [-0.05, 0) is 69.4 Å². The molecule has 1 heterocycles. The molecule has 220 valence electrons. The molecule has 0 bridgehead atoms. The minimum absolute atomic E-state index is 0.0548. The van der Waals surface area contributed by atoms with E-state index in [0.717, 1.165) is 16.5 Å². The molecule has 2 atom stereocenters. The van der Waals surface area contributed by atoms with Gasteiger partial charge in [0.25, 0.3) is 0 Å². The number of cyclic esters (lactones) is 1. The molecule has 0 radical (unpaired) electrons. The van der Waals surface area contributed by atoms with Crippen molar-refractivity contribution in [1.82, 2.24) is 4.90 Å². The van der Waals surface area contributed by atoms with E-state index >= 15 is 0 Å². The van der Waals surface area contributed by atoms with Gasteiger partial charge in [0.1, 0.15) is 31.0 Å². The molecule has 1 aliphatic heterocycles. The predicted octanol–water partition coefficient (Wildman–Crippen LogP) is 6.03. The molecule has 1 fully saturated rings. The third kappa shape index (κ3) is 8.12. The Kier molecular flexibility index (Phi) is 9.89. The number of nitrogens with zero attached hydrogens (tertiary/aromatic N) is 1.